The molecule has 2 fully saturated rings. The Balaban J connectivity index is 1.48. The third-order valence-electron chi connectivity index (χ3n) is 6.76. The first-order valence-electron chi connectivity index (χ1n) is 11.9. The van der Waals surface area contributed by atoms with Crippen molar-refractivity contribution in [3.05, 3.63) is 47.8 Å². The normalized spacial score (nSPS) is 16.8. The van der Waals surface area contributed by atoms with Crippen molar-refractivity contribution in [2.45, 2.75) is 51.0 Å². The average Bonchev–Trinajstić information content (AvgIpc) is 3.51. The van der Waals surface area contributed by atoms with Crippen molar-refractivity contribution in [3.63, 3.8) is 0 Å². The van der Waals surface area contributed by atoms with Crippen LogP contribution in [0.2, 0.25) is 0 Å². The fourth-order valence-electron chi connectivity index (χ4n) is 5.00. The zero-order valence-electron chi connectivity index (χ0n) is 19.0. The van der Waals surface area contributed by atoms with Crippen molar-refractivity contribution < 1.29 is 9.59 Å². The number of aromatic nitrogens is 3. The summed E-state index contributed by atoms with van der Waals surface area (Å²) in [7, 11) is 1.61. The van der Waals surface area contributed by atoms with Crippen molar-refractivity contribution in [3.8, 4) is 0 Å². The molecule has 1 saturated carbocycles. The summed E-state index contributed by atoms with van der Waals surface area (Å²) in [6.07, 6.45) is 9.62. The van der Waals surface area contributed by atoms with Crippen LogP contribution in [0, 0.1) is 0 Å². The standard InChI is InChI=1S/C25H30N6O2/c1-26-23(32)17-9-11-19(12-10-17)28-25-27-16-18-15-21(24(33)30-13-5-2-6-14-30)31(22(18)29-25)20-7-3-4-8-20/h9-12,15-16,20H,2-8,13-14H2,1H3,(H,26,32)(H,27,28,29). The Kier molecular flexibility index (Phi) is 5.98. The molecule has 0 bridgehead atoms. The van der Waals surface area contributed by atoms with Crippen LogP contribution in [-0.2, 0) is 0 Å². The van der Waals surface area contributed by atoms with Crippen LogP contribution in [0.1, 0.15) is 71.8 Å². The van der Waals surface area contributed by atoms with Crippen LogP contribution >= 0.6 is 0 Å². The summed E-state index contributed by atoms with van der Waals surface area (Å²) in [4.78, 5) is 36.5. The zero-order chi connectivity index (χ0) is 22.8. The van der Waals surface area contributed by atoms with E-state index in [2.05, 4.69) is 20.2 Å². The molecule has 8 nitrogen and oxygen atoms in total. The lowest BCUT2D eigenvalue weighted by Gasteiger charge is -2.28. The van der Waals surface area contributed by atoms with Crippen LogP contribution in [0.4, 0.5) is 11.6 Å². The van der Waals surface area contributed by atoms with Gasteiger partial charge in [0.15, 0.2) is 0 Å². The maximum atomic E-state index is 13.4. The van der Waals surface area contributed by atoms with Crippen molar-refractivity contribution in [2.24, 2.45) is 0 Å². The van der Waals surface area contributed by atoms with Gasteiger partial charge in [-0.05, 0) is 62.4 Å². The molecule has 2 aliphatic rings. The van der Waals surface area contributed by atoms with Gasteiger partial charge in [-0.25, -0.2) is 4.98 Å². The highest BCUT2D eigenvalue weighted by molar-refractivity contribution is 5.98. The van der Waals surface area contributed by atoms with Gasteiger partial charge in [-0.3, -0.25) is 9.59 Å². The van der Waals surface area contributed by atoms with Crippen LogP contribution in [0.15, 0.2) is 36.5 Å². The molecule has 3 aromatic rings. The highest BCUT2D eigenvalue weighted by Gasteiger charge is 2.28. The van der Waals surface area contributed by atoms with Gasteiger partial charge < -0.3 is 20.1 Å². The molecule has 0 unspecified atom stereocenters. The fraction of sp³-hybridized carbons (Fsp3) is 0.440. The molecule has 1 aromatic carbocycles. The number of piperidine rings is 1. The van der Waals surface area contributed by atoms with Gasteiger partial charge in [0.05, 0.1) is 0 Å². The number of carbonyl (C=O) groups is 2. The first-order chi connectivity index (χ1) is 16.1. The molecule has 172 valence electrons. The predicted molar refractivity (Wildman–Crippen MR) is 128 cm³/mol. The fourth-order valence-corrected chi connectivity index (χ4v) is 5.00. The lowest BCUT2D eigenvalue weighted by molar-refractivity contribution is 0.0711. The average molecular weight is 447 g/mol. The molecule has 33 heavy (non-hydrogen) atoms. The van der Waals surface area contributed by atoms with E-state index in [9.17, 15) is 9.59 Å². The Hall–Kier alpha value is -3.42. The van der Waals surface area contributed by atoms with E-state index in [1.807, 2.05) is 23.1 Å². The number of anilines is 2. The van der Waals surface area contributed by atoms with Crippen molar-refractivity contribution in [1.29, 1.82) is 0 Å². The molecule has 1 aliphatic heterocycles. The van der Waals surface area contributed by atoms with Crippen LogP contribution in [0.3, 0.4) is 0 Å². The molecule has 2 aromatic heterocycles. The molecule has 1 saturated heterocycles. The Morgan fingerprint density at radius 1 is 1.00 bits per heavy atom. The van der Waals surface area contributed by atoms with E-state index in [-0.39, 0.29) is 11.8 Å². The SMILES string of the molecule is CNC(=O)c1ccc(Nc2ncc3cc(C(=O)N4CCCCC4)n(C4CCCC4)c3n2)cc1. The van der Waals surface area contributed by atoms with E-state index in [0.29, 0.717) is 17.6 Å². The maximum absolute atomic E-state index is 13.4. The predicted octanol–water partition coefficient (Wildman–Crippen LogP) is 4.28. The van der Waals surface area contributed by atoms with Gasteiger partial charge in [-0.2, -0.15) is 4.98 Å². The summed E-state index contributed by atoms with van der Waals surface area (Å²) in [5.41, 5.74) is 2.93. The lowest BCUT2D eigenvalue weighted by Crippen LogP contribution is -2.37. The smallest absolute Gasteiger partial charge is 0.270 e. The Morgan fingerprint density at radius 3 is 2.42 bits per heavy atom. The van der Waals surface area contributed by atoms with E-state index < -0.39 is 0 Å². The van der Waals surface area contributed by atoms with E-state index in [1.54, 1.807) is 25.4 Å². The van der Waals surface area contributed by atoms with Gasteiger partial charge in [0.2, 0.25) is 5.95 Å². The first kappa shape index (κ1) is 21.4. The second-order valence-electron chi connectivity index (χ2n) is 8.94. The summed E-state index contributed by atoms with van der Waals surface area (Å²) in [5.74, 6) is 0.461. The topological polar surface area (TPSA) is 92.1 Å². The second kappa shape index (κ2) is 9.21. The number of rotatable bonds is 5. The largest absolute Gasteiger partial charge is 0.355 e. The van der Waals surface area contributed by atoms with Crippen LogP contribution < -0.4 is 10.6 Å². The zero-order valence-corrected chi connectivity index (χ0v) is 19.0. The van der Waals surface area contributed by atoms with Gasteiger partial charge in [0.1, 0.15) is 11.3 Å². The second-order valence-corrected chi connectivity index (χ2v) is 8.94. The quantitative estimate of drug-likeness (QED) is 0.610. The number of hydrogen-bond acceptors (Lipinski definition) is 5. The van der Waals surface area contributed by atoms with E-state index in [0.717, 1.165) is 61.2 Å². The van der Waals surface area contributed by atoms with Crippen LogP contribution in [-0.4, -0.2) is 51.4 Å². The first-order valence-corrected chi connectivity index (χ1v) is 11.9. The minimum atomic E-state index is -0.125. The summed E-state index contributed by atoms with van der Waals surface area (Å²) in [5, 5.41) is 6.75. The Bertz CT molecular complexity index is 1160. The summed E-state index contributed by atoms with van der Waals surface area (Å²) in [6.45, 7) is 1.66. The van der Waals surface area contributed by atoms with E-state index in [1.165, 1.54) is 19.3 Å². The molecule has 3 heterocycles. The Morgan fingerprint density at radius 2 is 1.73 bits per heavy atom. The van der Waals surface area contributed by atoms with E-state index >= 15 is 0 Å². The third-order valence-corrected chi connectivity index (χ3v) is 6.76. The number of amides is 2. The third kappa shape index (κ3) is 4.29. The molecule has 2 amide bonds. The molecule has 0 atom stereocenters. The lowest BCUT2D eigenvalue weighted by atomic mass is 10.1. The number of likely N-dealkylation sites (tertiary alicyclic amines) is 1. The number of nitrogens with zero attached hydrogens (tertiary/aromatic N) is 4. The minimum absolute atomic E-state index is 0.110. The summed E-state index contributed by atoms with van der Waals surface area (Å²) >= 11 is 0. The van der Waals surface area contributed by atoms with Gasteiger partial charge in [-0.15, -0.1) is 0 Å². The molecule has 5 rings (SSSR count). The molecule has 0 spiro atoms. The summed E-state index contributed by atoms with van der Waals surface area (Å²) in [6, 6.07) is 9.44. The van der Waals surface area contributed by atoms with Gasteiger partial charge in [0, 0.05) is 49.0 Å². The van der Waals surface area contributed by atoms with Gasteiger partial charge >= 0.3 is 0 Å². The van der Waals surface area contributed by atoms with Gasteiger partial charge in [0.25, 0.3) is 11.8 Å². The van der Waals surface area contributed by atoms with Gasteiger partial charge in [-0.1, -0.05) is 12.8 Å². The van der Waals surface area contributed by atoms with Crippen LogP contribution in [0.25, 0.3) is 11.0 Å². The van der Waals surface area contributed by atoms with Crippen LogP contribution in [0.5, 0.6) is 0 Å². The number of benzene rings is 1. The molecular weight excluding hydrogens is 416 g/mol. The van der Waals surface area contributed by atoms with Crippen molar-refractivity contribution >= 4 is 34.5 Å². The molecule has 8 heteroatoms. The monoisotopic (exact) mass is 446 g/mol. The highest BCUT2D eigenvalue weighted by atomic mass is 16.2. The number of fused-ring (bicyclic) bond motifs is 1. The summed E-state index contributed by atoms with van der Waals surface area (Å²) < 4.78 is 2.17. The van der Waals surface area contributed by atoms with Crippen molar-refractivity contribution in [2.75, 3.05) is 25.5 Å². The molecule has 1 aliphatic carbocycles. The maximum Gasteiger partial charge on any atom is 0.270 e. The Labute approximate surface area is 193 Å². The molecular formula is C25H30N6O2. The number of hydrogen-bond donors (Lipinski definition) is 2. The van der Waals surface area contributed by atoms with Crippen molar-refractivity contribution in [1.82, 2.24) is 24.8 Å². The molecule has 0 radical (unpaired) electrons. The molecule has 2 N–H and O–H groups in total. The highest BCUT2D eigenvalue weighted by Crippen LogP contribution is 2.35. The minimum Gasteiger partial charge on any atom is -0.355 e. The van der Waals surface area contributed by atoms with E-state index in [4.69, 9.17) is 4.98 Å². The number of carbonyl (C=O) groups excluding carboxylic acids is 2. The number of nitrogens with one attached hydrogen (secondary N) is 2.